The summed E-state index contributed by atoms with van der Waals surface area (Å²) in [5.41, 5.74) is 0.507. The van der Waals surface area contributed by atoms with Crippen LogP contribution in [0, 0.1) is 0 Å². The molecule has 0 radical (unpaired) electrons. The molecule has 7 nitrogen and oxygen atoms in total. The van der Waals surface area contributed by atoms with E-state index in [0.717, 1.165) is 0 Å². The van der Waals surface area contributed by atoms with E-state index in [1.165, 1.54) is 24.1 Å². The topological polar surface area (TPSA) is 90.1 Å². The van der Waals surface area contributed by atoms with E-state index in [-0.39, 0.29) is 11.6 Å². The van der Waals surface area contributed by atoms with E-state index in [9.17, 15) is 4.79 Å². The lowest BCUT2D eigenvalue weighted by atomic mass is 10.3. The van der Waals surface area contributed by atoms with Crippen LogP contribution >= 0.6 is 0 Å². The number of carbonyl (C=O) groups is 1. The Morgan fingerprint density at radius 3 is 2.82 bits per heavy atom. The number of rotatable bonds is 2. The lowest BCUT2D eigenvalue weighted by molar-refractivity contribution is 0.0586. The predicted molar refractivity (Wildman–Crippen MR) is 57.2 cm³/mol. The van der Waals surface area contributed by atoms with Crippen molar-refractivity contribution in [2.24, 2.45) is 7.05 Å². The quantitative estimate of drug-likeness (QED) is 0.755. The number of ether oxygens (including phenoxy) is 1. The van der Waals surface area contributed by atoms with Crippen LogP contribution in [0.3, 0.4) is 0 Å². The fourth-order valence-electron chi connectivity index (χ4n) is 1.30. The molecule has 2 aromatic heterocycles. The van der Waals surface area contributed by atoms with Gasteiger partial charge in [0.25, 0.3) is 5.82 Å². The van der Waals surface area contributed by atoms with Crippen molar-refractivity contribution in [1.29, 1.82) is 0 Å². The Morgan fingerprint density at radius 2 is 2.24 bits per heavy atom. The number of esters is 1. The number of hydrogen-bond donors (Lipinski definition) is 1. The highest BCUT2D eigenvalue weighted by molar-refractivity contribution is 5.85. The molecule has 88 valence electrons. The summed E-state index contributed by atoms with van der Waals surface area (Å²) in [6.45, 7) is 0. The van der Waals surface area contributed by atoms with Gasteiger partial charge in [-0.2, -0.15) is 4.98 Å². The van der Waals surface area contributed by atoms with Gasteiger partial charge in [0, 0.05) is 7.05 Å². The summed E-state index contributed by atoms with van der Waals surface area (Å²) in [5, 5.41) is 13.0. The second-order valence-electron chi connectivity index (χ2n) is 3.28. The van der Waals surface area contributed by atoms with Crippen molar-refractivity contribution in [2.75, 3.05) is 7.11 Å². The van der Waals surface area contributed by atoms with Crippen molar-refractivity contribution in [3.05, 3.63) is 24.2 Å². The maximum atomic E-state index is 11.2. The molecule has 0 unspecified atom stereocenters. The normalized spacial score (nSPS) is 10.2. The molecular weight excluding hydrogens is 224 g/mol. The van der Waals surface area contributed by atoms with Gasteiger partial charge in [0.1, 0.15) is 11.4 Å². The average Bonchev–Trinajstić information content (AvgIpc) is 2.71. The highest BCUT2D eigenvalue weighted by atomic mass is 16.5. The SMILES string of the molecule is COC(=O)c1nc(-c2ccc(O)cn2)n(C)n1. The first-order chi connectivity index (χ1) is 8.11. The molecule has 0 fully saturated rings. The molecule has 0 saturated carbocycles. The molecule has 2 heterocycles. The molecule has 0 saturated heterocycles. The number of carbonyl (C=O) groups excluding carboxylic acids is 1. The Labute approximate surface area is 96.7 Å². The Kier molecular flexibility index (Phi) is 2.73. The zero-order valence-corrected chi connectivity index (χ0v) is 9.28. The van der Waals surface area contributed by atoms with Crippen LogP contribution in [0.5, 0.6) is 5.75 Å². The molecule has 0 bridgehead atoms. The van der Waals surface area contributed by atoms with E-state index < -0.39 is 5.97 Å². The van der Waals surface area contributed by atoms with Crippen molar-refractivity contribution in [1.82, 2.24) is 19.7 Å². The predicted octanol–water partition coefficient (Wildman–Crippen LogP) is 0.369. The minimum absolute atomic E-state index is 0.0279. The van der Waals surface area contributed by atoms with Gasteiger partial charge in [0.05, 0.1) is 13.3 Å². The largest absolute Gasteiger partial charge is 0.506 e. The van der Waals surface area contributed by atoms with Crippen molar-refractivity contribution < 1.29 is 14.6 Å². The average molecular weight is 234 g/mol. The van der Waals surface area contributed by atoms with Crippen LogP contribution in [0.1, 0.15) is 10.6 Å². The standard InChI is InChI=1S/C10H10N4O3/c1-14-9(7-4-3-6(15)5-11-7)12-8(13-14)10(16)17-2/h3-5,15H,1-2H3. The molecule has 0 amide bonds. The van der Waals surface area contributed by atoms with Crippen LogP contribution in [0.4, 0.5) is 0 Å². The Balaban J connectivity index is 2.42. The molecule has 2 aromatic rings. The summed E-state index contributed by atoms with van der Waals surface area (Å²) in [4.78, 5) is 19.2. The molecule has 0 atom stereocenters. The third kappa shape index (κ3) is 2.07. The molecule has 0 aliphatic carbocycles. The molecule has 2 rings (SSSR count). The van der Waals surface area contributed by atoms with Crippen LogP contribution in [-0.4, -0.2) is 37.9 Å². The first kappa shape index (κ1) is 11.1. The number of pyridine rings is 1. The van der Waals surface area contributed by atoms with Gasteiger partial charge in [-0.15, -0.1) is 5.10 Å². The van der Waals surface area contributed by atoms with E-state index in [1.54, 1.807) is 13.1 Å². The van der Waals surface area contributed by atoms with Gasteiger partial charge < -0.3 is 9.84 Å². The molecule has 7 heteroatoms. The molecule has 17 heavy (non-hydrogen) atoms. The number of aromatic nitrogens is 4. The third-order valence-corrected chi connectivity index (χ3v) is 2.11. The molecule has 0 spiro atoms. The number of methoxy groups -OCH3 is 1. The third-order valence-electron chi connectivity index (χ3n) is 2.11. The van der Waals surface area contributed by atoms with Crippen molar-refractivity contribution in [2.45, 2.75) is 0 Å². The van der Waals surface area contributed by atoms with E-state index in [1.807, 2.05) is 0 Å². The van der Waals surface area contributed by atoms with E-state index in [0.29, 0.717) is 11.5 Å². The smallest absolute Gasteiger partial charge is 0.377 e. The Bertz CT molecular complexity index is 547. The van der Waals surface area contributed by atoms with Crippen LogP contribution < -0.4 is 0 Å². The van der Waals surface area contributed by atoms with E-state index >= 15 is 0 Å². The van der Waals surface area contributed by atoms with Gasteiger partial charge in [-0.1, -0.05) is 0 Å². The Morgan fingerprint density at radius 1 is 1.47 bits per heavy atom. The molecule has 0 aliphatic rings. The maximum absolute atomic E-state index is 11.2. The van der Waals surface area contributed by atoms with Gasteiger partial charge in [0.15, 0.2) is 5.82 Å². The summed E-state index contributed by atoms with van der Waals surface area (Å²) in [5.74, 6) is -0.153. The molecular formula is C10H10N4O3. The highest BCUT2D eigenvalue weighted by Gasteiger charge is 2.16. The lowest BCUT2D eigenvalue weighted by Crippen LogP contribution is -2.04. The minimum Gasteiger partial charge on any atom is -0.506 e. The number of nitrogens with zero attached hydrogens (tertiary/aromatic N) is 4. The number of aryl methyl sites for hydroxylation is 1. The lowest BCUT2D eigenvalue weighted by Gasteiger charge is -1.98. The highest BCUT2D eigenvalue weighted by Crippen LogP contribution is 2.16. The summed E-state index contributed by atoms with van der Waals surface area (Å²) >= 11 is 0. The number of hydrogen-bond acceptors (Lipinski definition) is 6. The summed E-state index contributed by atoms with van der Waals surface area (Å²) in [6.07, 6.45) is 1.29. The monoisotopic (exact) mass is 234 g/mol. The van der Waals surface area contributed by atoms with Crippen molar-refractivity contribution in [3.8, 4) is 17.3 Å². The summed E-state index contributed by atoms with van der Waals surface area (Å²) in [6, 6.07) is 3.06. The molecule has 0 aromatic carbocycles. The fraction of sp³-hybridized carbons (Fsp3) is 0.200. The van der Waals surface area contributed by atoms with E-state index in [4.69, 9.17) is 5.11 Å². The summed E-state index contributed by atoms with van der Waals surface area (Å²) < 4.78 is 5.94. The maximum Gasteiger partial charge on any atom is 0.377 e. The van der Waals surface area contributed by atoms with Gasteiger partial charge in [0.2, 0.25) is 0 Å². The molecule has 0 aliphatic heterocycles. The zero-order valence-electron chi connectivity index (χ0n) is 9.28. The van der Waals surface area contributed by atoms with Crippen molar-refractivity contribution >= 4 is 5.97 Å². The zero-order chi connectivity index (χ0) is 12.4. The molecule has 1 N–H and O–H groups in total. The fourth-order valence-corrected chi connectivity index (χ4v) is 1.30. The second-order valence-corrected chi connectivity index (χ2v) is 3.28. The van der Waals surface area contributed by atoms with Crippen molar-refractivity contribution in [3.63, 3.8) is 0 Å². The van der Waals surface area contributed by atoms with Gasteiger partial charge in [-0.05, 0) is 12.1 Å². The van der Waals surface area contributed by atoms with Gasteiger partial charge in [-0.3, -0.25) is 0 Å². The second kappa shape index (κ2) is 4.20. The van der Waals surface area contributed by atoms with Gasteiger partial charge >= 0.3 is 5.97 Å². The Hall–Kier alpha value is -2.44. The van der Waals surface area contributed by atoms with E-state index in [2.05, 4.69) is 19.8 Å². The first-order valence-electron chi connectivity index (χ1n) is 4.76. The minimum atomic E-state index is -0.606. The number of aromatic hydroxyl groups is 1. The van der Waals surface area contributed by atoms with Crippen LogP contribution in [0.2, 0.25) is 0 Å². The van der Waals surface area contributed by atoms with Gasteiger partial charge in [-0.25, -0.2) is 14.5 Å². The van der Waals surface area contributed by atoms with Crippen LogP contribution in [0.25, 0.3) is 11.5 Å². The van der Waals surface area contributed by atoms with Crippen LogP contribution in [-0.2, 0) is 11.8 Å². The summed E-state index contributed by atoms with van der Waals surface area (Å²) in [7, 11) is 2.90. The first-order valence-corrected chi connectivity index (χ1v) is 4.76. The van der Waals surface area contributed by atoms with Crippen LogP contribution in [0.15, 0.2) is 18.3 Å².